The average molecular weight is 297 g/mol. The Kier molecular flexibility index (Phi) is 3.70. The fraction of sp³-hybridized carbons (Fsp3) is 0.0588. The number of halogens is 1. The minimum atomic E-state index is -0.729. The second-order valence-electron chi connectivity index (χ2n) is 4.76. The van der Waals surface area contributed by atoms with E-state index in [9.17, 15) is 14.0 Å². The van der Waals surface area contributed by atoms with Crippen LogP contribution in [0.4, 0.5) is 4.39 Å². The highest BCUT2D eigenvalue weighted by atomic mass is 19.1. The Morgan fingerprint density at radius 2 is 1.91 bits per heavy atom. The summed E-state index contributed by atoms with van der Waals surface area (Å²) in [6, 6.07) is 12.5. The summed E-state index contributed by atoms with van der Waals surface area (Å²) in [6.45, 7) is -0.392. The quantitative estimate of drug-likeness (QED) is 0.593. The number of carbonyl (C=O) groups excluding carboxylic acids is 2. The van der Waals surface area contributed by atoms with Crippen LogP contribution >= 0.6 is 0 Å². The van der Waals surface area contributed by atoms with Crippen molar-refractivity contribution in [3.8, 4) is 0 Å². The first-order valence-electron chi connectivity index (χ1n) is 6.67. The van der Waals surface area contributed by atoms with Gasteiger partial charge in [-0.15, -0.1) is 0 Å². The van der Waals surface area contributed by atoms with Crippen LogP contribution in [-0.2, 0) is 4.74 Å². The number of carbonyl (C=O) groups is 2. The number of benzene rings is 2. The Morgan fingerprint density at radius 1 is 1.09 bits per heavy atom. The lowest BCUT2D eigenvalue weighted by molar-refractivity contribution is 0.0474. The predicted molar refractivity (Wildman–Crippen MR) is 79.3 cm³/mol. The summed E-state index contributed by atoms with van der Waals surface area (Å²) in [4.78, 5) is 26.9. The van der Waals surface area contributed by atoms with Crippen LogP contribution in [0.3, 0.4) is 0 Å². The van der Waals surface area contributed by atoms with Crippen molar-refractivity contribution < 1.29 is 18.7 Å². The van der Waals surface area contributed by atoms with Crippen LogP contribution in [0, 0.1) is 5.82 Å². The summed E-state index contributed by atoms with van der Waals surface area (Å²) in [5.74, 6) is -1.58. The highest BCUT2D eigenvalue weighted by molar-refractivity contribution is 6.09. The fourth-order valence-corrected chi connectivity index (χ4v) is 2.21. The molecule has 110 valence electrons. The van der Waals surface area contributed by atoms with Crippen molar-refractivity contribution >= 4 is 22.7 Å². The van der Waals surface area contributed by atoms with Crippen LogP contribution in [0.2, 0.25) is 0 Å². The van der Waals surface area contributed by atoms with E-state index in [4.69, 9.17) is 4.74 Å². The molecule has 22 heavy (non-hydrogen) atoms. The summed E-state index contributed by atoms with van der Waals surface area (Å²) in [5.41, 5.74) is 1.37. The van der Waals surface area contributed by atoms with Gasteiger partial charge in [-0.1, -0.05) is 24.3 Å². The van der Waals surface area contributed by atoms with Crippen molar-refractivity contribution in [3.63, 3.8) is 0 Å². The number of aromatic nitrogens is 1. The van der Waals surface area contributed by atoms with Crippen LogP contribution in [0.15, 0.2) is 54.7 Å². The van der Waals surface area contributed by atoms with E-state index in [-0.39, 0.29) is 11.3 Å². The first-order chi connectivity index (χ1) is 10.6. The number of Topliss-reactive ketones (excluding diaryl/α,β-unsaturated/α-hetero) is 1. The van der Waals surface area contributed by atoms with Gasteiger partial charge in [0, 0.05) is 22.7 Å². The molecule has 0 fully saturated rings. The number of hydrogen-bond donors (Lipinski definition) is 1. The molecule has 0 radical (unpaired) electrons. The molecule has 1 N–H and O–H groups in total. The highest BCUT2D eigenvalue weighted by Crippen LogP contribution is 2.18. The third kappa shape index (κ3) is 2.74. The highest BCUT2D eigenvalue weighted by Gasteiger charge is 2.15. The van der Waals surface area contributed by atoms with Gasteiger partial charge in [0.2, 0.25) is 5.78 Å². The van der Waals surface area contributed by atoms with Gasteiger partial charge < -0.3 is 9.72 Å². The van der Waals surface area contributed by atoms with Gasteiger partial charge in [0.25, 0.3) is 0 Å². The van der Waals surface area contributed by atoms with Gasteiger partial charge in [0.05, 0.1) is 5.56 Å². The zero-order valence-electron chi connectivity index (χ0n) is 11.5. The summed E-state index contributed by atoms with van der Waals surface area (Å²) >= 11 is 0. The van der Waals surface area contributed by atoms with E-state index in [1.807, 2.05) is 24.3 Å². The Balaban J connectivity index is 1.71. The molecule has 0 aliphatic rings. The number of ketones is 1. The molecule has 0 bridgehead atoms. The molecular formula is C17H12FNO3. The lowest BCUT2D eigenvalue weighted by Crippen LogP contribution is -2.14. The number of nitrogens with one attached hydrogen (secondary N) is 1. The van der Waals surface area contributed by atoms with Crippen LogP contribution in [0.1, 0.15) is 20.7 Å². The summed E-state index contributed by atoms with van der Waals surface area (Å²) in [7, 11) is 0. The maximum atomic E-state index is 13.0. The van der Waals surface area contributed by atoms with E-state index >= 15 is 0 Å². The normalized spacial score (nSPS) is 10.6. The van der Waals surface area contributed by atoms with E-state index in [0.29, 0.717) is 5.56 Å². The fourth-order valence-electron chi connectivity index (χ4n) is 2.21. The van der Waals surface area contributed by atoms with E-state index in [1.165, 1.54) is 18.2 Å². The summed E-state index contributed by atoms with van der Waals surface area (Å²) < 4.78 is 18.0. The minimum Gasteiger partial charge on any atom is -0.454 e. The molecule has 0 unspecified atom stereocenters. The van der Waals surface area contributed by atoms with E-state index in [0.717, 1.165) is 17.0 Å². The van der Waals surface area contributed by atoms with Gasteiger partial charge >= 0.3 is 5.97 Å². The molecule has 1 aromatic heterocycles. The Bertz CT molecular complexity index is 854. The largest absolute Gasteiger partial charge is 0.454 e. The van der Waals surface area contributed by atoms with Gasteiger partial charge in [-0.2, -0.15) is 0 Å². The standard InChI is InChI=1S/C17H12FNO3/c18-12-5-3-4-11(8-12)17(21)22-10-16(20)14-9-19-15-7-2-1-6-13(14)15/h1-9,19H,10H2. The number of H-pyrrole nitrogens is 1. The van der Waals surface area contributed by atoms with Crippen molar-refractivity contribution in [2.45, 2.75) is 0 Å². The zero-order chi connectivity index (χ0) is 15.5. The molecular weight excluding hydrogens is 285 g/mol. The molecule has 0 amide bonds. The number of esters is 1. The van der Waals surface area contributed by atoms with Gasteiger partial charge in [-0.25, -0.2) is 9.18 Å². The van der Waals surface area contributed by atoms with Crippen molar-refractivity contribution in [2.75, 3.05) is 6.61 Å². The first kappa shape index (κ1) is 14.0. The van der Waals surface area contributed by atoms with Crippen LogP contribution in [-0.4, -0.2) is 23.3 Å². The van der Waals surface area contributed by atoms with Crippen LogP contribution in [0.5, 0.6) is 0 Å². The lowest BCUT2D eigenvalue weighted by atomic mass is 10.1. The van der Waals surface area contributed by atoms with E-state index in [2.05, 4.69) is 4.98 Å². The smallest absolute Gasteiger partial charge is 0.338 e. The second kappa shape index (κ2) is 5.81. The molecule has 0 aliphatic carbocycles. The lowest BCUT2D eigenvalue weighted by Gasteiger charge is -2.04. The number of fused-ring (bicyclic) bond motifs is 1. The molecule has 0 spiro atoms. The second-order valence-corrected chi connectivity index (χ2v) is 4.76. The van der Waals surface area contributed by atoms with Crippen molar-refractivity contribution in [1.82, 2.24) is 4.98 Å². The number of aromatic amines is 1. The summed E-state index contributed by atoms with van der Waals surface area (Å²) in [6.07, 6.45) is 1.59. The number of hydrogen-bond acceptors (Lipinski definition) is 3. The third-order valence-corrected chi connectivity index (χ3v) is 3.28. The van der Waals surface area contributed by atoms with Gasteiger partial charge in [-0.3, -0.25) is 4.79 Å². The number of para-hydroxylation sites is 1. The van der Waals surface area contributed by atoms with Crippen molar-refractivity contribution in [1.29, 1.82) is 0 Å². The summed E-state index contributed by atoms with van der Waals surface area (Å²) in [5, 5.41) is 0.773. The maximum absolute atomic E-state index is 13.0. The van der Waals surface area contributed by atoms with Gasteiger partial charge in [0.1, 0.15) is 5.82 Å². The van der Waals surface area contributed by atoms with Crippen LogP contribution < -0.4 is 0 Å². The van der Waals surface area contributed by atoms with Crippen molar-refractivity contribution in [2.24, 2.45) is 0 Å². The molecule has 2 aromatic carbocycles. The van der Waals surface area contributed by atoms with Gasteiger partial charge in [-0.05, 0) is 24.3 Å². The maximum Gasteiger partial charge on any atom is 0.338 e. The van der Waals surface area contributed by atoms with Crippen molar-refractivity contribution in [3.05, 3.63) is 71.7 Å². The van der Waals surface area contributed by atoms with E-state index in [1.54, 1.807) is 6.20 Å². The van der Waals surface area contributed by atoms with Gasteiger partial charge in [0.15, 0.2) is 6.61 Å². The first-order valence-corrected chi connectivity index (χ1v) is 6.67. The monoisotopic (exact) mass is 297 g/mol. The predicted octanol–water partition coefficient (Wildman–Crippen LogP) is 3.35. The SMILES string of the molecule is O=C(OCC(=O)c1c[nH]c2ccccc12)c1cccc(F)c1. The van der Waals surface area contributed by atoms with Crippen LogP contribution in [0.25, 0.3) is 10.9 Å². The van der Waals surface area contributed by atoms with E-state index < -0.39 is 18.4 Å². The molecule has 3 rings (SSSR count). The molecule has 0 atom stereocenters. The zero-order valence-corrected chi connectivity index (χ0v) is 11.5. The molecule has 4 nitrogen and oxygen atoms in total. The minimum absolute atomic E-state index is 0.0757. The molecule has 3 aromatic rings. The number of ether oxygens (including phenoxy) is 1. The Hall–Kier alpha value is -2.95. The third-order valence-electron chi connectivity index (χ3n) is 3.28. The average Bonchev–Trinajstić information content (AvgIpc) is 2.96. The number of rotatable bonds is 4. The molecule has 0 aliphatic heterocycles. The Labute approximate surface area is 125 Å². The molecule has 0 saturated carbocycles. The Morgan fingerprint density at radius 3 is 2.73 bits per heavy atom. The molecule has 5 heteroatoms. The molecule has 0 saturated heterocycles. The topological polar surface area (TPSA) is 59.2 Å². The molecule has 1 heterocycles.